The van der Waals surface area contributed by atoms with Gasteiger partial charge in [-0.25, -0.2) is 19.3 Å². The Hall–Kier alpha value is -2.56. The number of aromatic nitrogens is 4. The van der Waals surface area contributed by atoms with Crippen LogP contribution < -0.4 is 0 Å². The Morgan fingerprint density at radius 3 is 2.57 bits per heavy atom. The van der Waals surface area contributed by atoms with E-state index in [9.17, 15) is 22.7 Å². The van der Waals surface area contributed by atoms with Crippen LogP contribution in [0.5, 0.6) is 0 Å². The van der Waals surface area contributed by atoms with Crippen LogP contribution in [0.3, 0.4) is 0 Å². The van der Waals surface area contributed by atoms with Crippen molar-refractivity contribution in [2.24, 2.45) is 0 Å². The minimum absolute atomic E-state index is 0.0249. The molecule has 0 fully saturated rings. The van der Waals surface area contributed by atoms with Crippen molar-refractivity contribution in [1.82, 2.24) is 24.4 Å². The first-order valence-electron chi connectivity index (χ1n) is 9.02. The number of imidazole rings is 1. The lowest BCUT2D eigenvalue weighted by molar-refractivity contribution is -0.137. The van der Waals surface area contributed by atoms with Gasteiger partial charge in [-0.1, -0.05) is 23.7 Å². The number of aliphatic hydroxyl groups is 1. The molecular weight excluding hydrogens is 426 g/mol. The molecule has 0 saturated heterocycles. The number of fused-ring (bicyclic) bond motifs is 1. The molecule has 0 radical (unpaired) electrons. The smallest absolute Gasteiger partial charge is 0.374 e. The molecule has 1 aliphatic heterocycles. The van der Waals surface area contributed by atoms with Crippen LogP contribution in [0, 0.1) is 5.82 Å². The van der Waals surface area contributed by atoms with E-state index < -0.39 is 34.8 Å². The lowest BCUT2D eigenvalue weighted by Gasteiger charge is -2.37. The Balaban J connectivity index is 1.65. The quantitative estimate of drug-likeness (QED) is 0.620. The summed E-state index contributed by atoms with van der Waals surface area (Å²) in [5, 5.41) is 10.3. The van der Waals surface area contributed by atoms with Gasteiger partial charge in [-0.05, 0) is 13.0 Å². The van der Waals surface area contributed by atoms with E-state index in [2.05, 4.69) is 15.0 Å². The number of halogens is 5. The molecule has 2 aromatic heterocycles. The third kappa shape index (κ3) is 3.55. The number of hydrogen-bond acceptors (Lipinski definition) is 5. The fraction of sp³-hybridized carbons (Fsp3) is 0.316. The first-order chi connectivity index (χ1) is 14.2. The van der Waals surface area contributed by atoms with E-state index in [1.54, 1.807) is 16.4 Å². The van der Waals surface area contributed by atoms with Crippen molar-refractivity contribution in [3.05, 3.63) is 70.3 Å². The van der Waals surface area contributed by atoms with Gasteiger partial charge in [-0.2, -0.15) is 13.2 Å². The first kappa shape index (κ1) is 20.7. The van der Waals surface area contributed by atoms with Crippen molar-refractivity contribution in [3.8, 4) is 5.95 Å². The van der Waals surface area contributed by atoms with E-state index in [1.165, 1.54) is 18.5 Å². The maximum Gasteiger partial charge on any atom is 0.417 e. The minimum Gasteiger partial charge on any atom is -0.374 e. The molecule has 1 aliphatic rings. The van der Waals surface area contributed by atoms with Gasteiger partial charge >= 0.3 is 6.18 Å². The molecule has 0 aliphatic carbocycles. The molecule has 0 spiro atoms. The molecule has 30 heavy (non-hydrogen) atoms. The van der Waals surface area contributed by atoms with E-state index in [1.807, 2.05) is 0 Å². The first-order valence-corrected chi connectivity index (χ1v) is 9.39. The second-order valence-electron chi connectivity index (χ2n) is 6.89. The molecule has 0 saturated carbocycles. The molecule has 2 unspecified atom stereocenters. The Kier molecular flexibility index (Phi) is 5.25. The fourth-order valence-corrected chi connectivity index (χ4v) is 3.98. The highest BCUT2D eigenvalue weighted by molar-refractivity contribution is 6.32. The third-order valence-corrected chi connectivity index (χ3v) is 5.57. The van der Waals surface area contributed by atoms with Crippen LogP contribution >= 0.6 is 11.6 Å². The Labute approximate surface area is 173 Å². The number of alkyl halides is 3. The van der Waals surface area contributed by atoms with Crippen molar-refractivity contribution >= 4 is 11.6 Å². The van der Waals surface area contributed by atoms with Crippen LogP contribution in [0.4, 0.5) is 17.6 Å². The normalized spacial score (nSPS) is 18.3. The van der Waals surface area contributed by atoms with Crippen molar-refractivity contribution in [3.63, 3.8) is 0 Å². The van der Waals surface area contributed by atoms with Crippen LogP contribution in [0.25, 0.3) is 5.95 Å². The molecule has 3 heterocycles. The van der Waals surface area contributed by atoms with Crippen molar-refractivity contribution in [1.29, 1.82) is 0 Å². The Bertz CT molecular complexity index is 1070. The summed E-state index contributed by atoms with van der Waals surface area (Å²) >= 11 is 5.98. The van der Waals surface area contributed by atoms with E-state index in [4.69, 9.17) is 11.6 Å². The van der Waals surface area contributed by atoms with Crippen LogP contribution in [0.1, 0.15) is 41.7 Å². The predicted octanol–water partition coefficient (Wildman–Crippen LogP) is 4.08. The molecule has 0 amide bonds. The van der Waals surface area contributed by atoms with Gasteiger partial charge in [0.15, 0.2) is 5.82 Å². The van der Waals surface area contributed by atoms with Crippen LogP contribution in [-0.2, 0) is 12.6 Å². The summed E-state index contributed by atoms with van der Waals surface area (Å²) in [6.07, 6.45) is -1.95. The highest BCUT2D eigenvalue weighted by Crippen LogP contribution is 2.41. The van der Waals surface area contributed by atoms with E-state index in [0.717, 1.165) is 24.2 Å². The highest BCUT2D eigenvalue weighted by Gasteiger charge is 2.37. The molecule has 2 atom stereocenters. The molecule has 0 bridgehead atoms. The number of nitrogens with zero attached hydrogens (tertiary/aromatic N) is 5. The molecule has 3 aromatic rings. The number of benzene rings is 1. The average Bonchev–Trinajstić information content (AvgIpc) is 3.13. The van der Waals surface area contributed by atoms with Crippen LogP contribution in [-0.4, -0.2) is 36.1 Å². The van der Waals surface area contributed by atoms with Gasteiger partial charge in [0, 0.05) is 18.5 Å². The summed E-state index contributed by atoms with van der Waals surface area (Å²) in [4.78, 5) is 13.9. The number of hydrogen-bond donors (Lipinski definition) is 1. The monoisotopic (exact) mass is 441 g/mol. The van der Waals surface area contributed by atoms with Gasteiger partial charge in [0.2, 0.25) is 5.95 Å². The third-order valence-electron chi connectivity index (χ3n) is 5.15. The maximum absolute atomic E-state index is 13.2. The van der Waals surface area contributed by atoms with Gasteiger partial charge in [0.25, 0.3) is 0 Å². The molecule has 11 heteroatoms. The van der Waals surface area contributed by atoms with E-state index in [-0.39, 0.29) is 11.5 Å². The van der Waals surface area contributed by atoms with Crippen molar-refractivity contribution in [2.45, 2.75) is 31.8 Å². The average molecular weight is 442 g/mol. The largest absolute Gasteiger partial charge is 0.417 e. The van der Waals surface area contributed by atoms with Crippen LogP contribution in [0.2, 0.25) is 5.02 Å². The highest BCUT2D eigenvalue weighted by atomic mass is 35.5. The standard InChI is InChI=1S/C19H16ClF4N5O/c1-10-16-14(29(9-27-16)18-25-7-11(21)8-26-18)5-6-28(10)17(30)12-3-2-4-13(15(12)20)19(22,23)24/h2-4,7-10,17,30H,5-6H2,1H3. The fourth-order valence-electron chi connectivity index (χ4n) is 3.65. The molecule has 1 N–H and O–H groups in total. The van der Waals surface area contributed by atoms with E-state index in [0.29, 0.717) is 18.7 Å². The summed E-state index contributed by atoms with van der Waals surface area (Å²) in [7, 11) is 0. The Morgan fingerprint density at radius 2 is 1.90 bits per heavy atom. The lowest BCUT2D eigenvalue weighted by Crippen LogP contribution is -2.38. The zero-order chi connectivity index (χ0) is 21.6. The molecular formula is C19H16ClF4N5O. The maximum atomic E-state index is 13.2. The summed E-state index contributed by atoms with van der Waals surface area (Å²) in [6, 6.07) is 3.04. The second-order valence-corrected chi connectivity index (χ2v) is 7.27. The van der Waals surface area contributed by atoms with Crippen molar-refractivity contribution in [2.75, 3.05) is 6.54 Å². The van der Waals surface area contributed by atoms with Gasteiger partial charge in [0.05, 0.1) is 40.4 Å². The molecule has 1 aromatic carbocycles. The summed E-state index contributed by atoms with van der Waals surface area (Å²) < 4.78 is 54.2. The number of rotatable bonds is 3. The summed E-state index contributed by atoms with van der Waals surface area (Å²) in [6.45, 7) is 2.11. The summed E-state index contributed by atoms with van der Waals surface area (Å²) in [5.74, 6) is -0.305. The van der Waals surface area contributed by atoms with E-state index >= 15 is 0 Å². The molecule has 4 rings (SSSR count). The summed E-state index contributed by atoms with van der Waals surface area (Å²) in [5.41, 5.74) is 0.385. The predicted molar refractivity (Wildman–Crippen MR) is 99.4 cm³/mol. The van der Waals surface area contributed by atoms with Gasteiger partial charge in [-0.3, -0.25) is 9.47 Å². The second kappa shape index (κ2) is 7.60. The van der Waals surface area contributed by atoms with Crippen molar-refractivity contribution < 1.29 is 22.7 Å². The SMILES string of the molecule is CC1c2ncn(-c3ncc(F)cn3)c2CCN1C(O)c1cccc(C(F)(F)F)c1Cl. The van der Waals surface area contributed by atoms with Gasteiger partial charge in [-0.15, -0.1) is 0 Å². The topological polar surface area (TPSA) is 67.1 Å². The molecule has 158 valence electrons. The zero-order valence-corrected chi connectivity index (χ0v) is 16.4. The molecule has 6 nitrogen and oxygen atoms in total. The Morgan fingerprint density at radius 1 is 1.20 bits per heavy atom. The van der Waals surface area contributed by atoms with Gasteiger partial charge in [0.1, 0.15) is 12.6 Å². The minimum atomic E-state index is -4.62. The zero-order valence-electron chi connectivity index (χ0n) is 15.6. The van der Waals surface area contributed by atoms with Crippen LogP contribution in [0.15, 0.2) is 36.9 Å². The lowest BCUT2D eigenvalue weighted by atomic mass is 10.0. The van der Waals surface area contributed by atoms with Gasteiger partial charge < -0.3 is 5.11 Å². The number of aliphatic hydroxyl groups excluding tert-OH is 1.